The minimum atomic E-state index is -0.147. The van der Waals surface area contributed by atoms with Crippen LogP contribution in [0.2, 0.25) is 0 Å². The van der Waals surface area contributed by atoms with Crippen molar-refractivity contribution in [3.8, 4) is 0 Å². The average molecular weight is 273 g/mol. The summed E-state index contributed by atoms with van der Waals surface area (Å²) in [6.45, 7) is 5.02. The van der Waals surface area contributed by atoms with Gasteiger partial charge in [0, 0.05) is 18.9 Å². The van der Waals surface area contributed by atoms with Gasteiger partial charge in [0.2, 0.25) is 0 Å². The molecule has 0 aromatic carbocycles. The maximum Gasteiger partial charge on any atom is 0.268 e. The second kappa shape index (κ2) is 6.18. The van der Waals surface area contributed by atoms with Crippen molar-refractivity contribution >= 4 is 11.6 Å². The van der Waals surface area contributed by atoms with Gasteiger partial charge in [-0.3, -0.25) is 4.79 Å². The summed E-state index contributed by atoms with van der Waals surface area (Å²) in [4.78, 5) is 20.4. The van der Waals surface area contributed by atoms with Crippen molar-refractivity contribution in [3.05, 3.63) is 41.7 Å². The summed E-state index contributed by atoms with van der Waals surface area (Å²) >= 11 is 0. The summed E-state index contributed by atoms with van der Waals surface area (Å²) in [5, 5.41) is 2.85. The fraction of sp³-hybridized carbons (Fsp3) is 0.357. The molecule has 6 heteroatoms. The SMILES string of the molecule is CCCn1cc(N)cc1C(=O)NCc1ccnc(C)n1. The van der Waals surface area contributed by atoms with Crippen LogP contribution >= 0.6 is 0 Å². The van der Waals surface area contributed by atoms with Gasteiger partial charge in [-0.15, -0.1) is 0 Å². The van der Waals surface area contributed by atoms with Gasteiger partial charge in [0.15, 0.2) is 0 Å². The van der Waals surface area contributed by atoms with E-state index >= 15 is 0 Å². The highest BCUT2D eigenvalue weighted by Gasteiger charge is 2.12. The Balaban J connectivity index is 2.05. The minimum Gasteiger partial charge on any atom is -0.397 e. The molecule has 1 amide bonds. The molecule has 0 unspecified atom stereocenters. The largest absolute Gasteiger partial charge is 0.397 e. The van der Waals surface area contributed by atoms with Gasteiger partial charge in [-0.1, -0.05) is 6.92 Å². The number of nitrogen functional groups attached to an aromatic ring is 1. The Morgan fingerprint density at radius 2 is 2.30 bits per heavy atom. The Labute approximate surface area is 118 Å². The van der Waals surface area contributed by atoms with Crippen LogP contribution < -0.4 is 11.1 Å². The van der Waals surface area contributed by atoms with E-state index in [1.807, 2.05) is 11.5 Å². The highest BCUT2D eigenvalue weighted by Crippen LogP contribution is 2.11. The zero-order valence-corrected chi connectivity index (χ0v) is 11.8. The van der Waals surface area contributed by atoms with Crippen LogP contribution in [0.4, 0.5) is 5.69 Å². The number of anilines is 1. The summed E-state index contributed by atoms with van der Waals surface area (Å²) in [5.41, 5.74) is 7.72. The summed E-state index contributed by atoms with van der Waals surface area (Å²) < 4.78 is 1.87. The molecule has 0 bridgehead atoms. The fourth-order valence-electron chi connectivity index (χ4n) is 2.01. The molecule has 20 heavy (non-hydrogen) atoms. The Morgan fingerprint density at radius 3 is 3.00 bits per heavy atom. The quantitative estimate of drug-likeness (QED) is 0.864. The van der Waals surface area contributed by atoms with Gasteiger partial charge < -0.3 is 15.6 Å². The zero-order valence-electron chi connectivity index (χ0n) is 11.8. The molecule has 2 aromatic rings. The van der Waals surface area contributed by atoms with Gasteiger partial charge in [-0.05, 0) is 25.5 Å². The molecule has 0 saturated carbocycles. The molecule has 0 aliphatic carbocycles. The lowest BCUT2D eigenvalue weighted by Crippen LogP contribution is -2.26. The lowest BCUT2D eigenvalue weighted by atomic mass is 10.3. The Hall–Kier alpha value is -2.37. The second-order valence-corrected chi connectivity index (χ2v) is 4.63. The van der Waals surface area contributed by atoms with E-state index in [2.05, 4.69) is 22.2 Å². The number of rotatable bonds is 5. The van der Waals surface area contributed by atoms with Crippen LogP contribution in [0.25, 0.3) is 0 Å². The monoisotopic (exact) mass is 273 g/mol. The standard InChI is InChI=1S/C14H19N5O/c1-3-6-19-9-11(15)7-13(19)14(20)17-8-12-4-5-16-10(2)18-12/h4-5,7,9H,3,6,8,15H2,1-2H3,(H,17,20). The highest BCUT2D eigenvalue weighted by molar-refractivity contribution is 5.93. The first kappa shape index (κ1) is 14.0. The van der Waals surface area contributed by atoms with Crippen molar-refractivity contribution in [2.75, 3.05) is 5.73 Å². The molecule has 0 fully saturated rings. The zero-order chi connectivity index (χ0) is 14.5. The predicted molar refractivity (Wildman–Crippen MR) is 77.1 cm³/mol. The number of carbonyl (C=O) groups is 1. The summed E-state index contributed by atoms with van der Waals surface area (Å²) in [7, 11) is 0. The molecule has 2 heterocycles. The third kappa shape index (κ3) is 3.34. The Morgan fingerprint density at radius 1 is 1.50 bits per heavy atom. The molecular formula is C14H19N5O. The molecule has 0 spiro atoms. The lowest BCUT2D eigenvalue weighted by molar-refractivity contribution is 0.0941. The van der Waals surface area contributed by atoms with E-state index in [4.69, 9.17) is 5.73 Å². The number of hydrogen-bond acceptors (Lipinski definition) is 4. The van der Waals surface area contributed by atoms with Crippen molar-refractivity contribution in [3.63, 3.8) is 0 Å². The summed E-state index contributed by atoms with van der Waals surface area (Å²) in [5.74, 6) is 0.543. The van der Waals surface area contributed by atoms with Crippen molar-refractivity contribution < 1.29 is 4.79 Å². The van der Waals surface area contributed by atoms with Gasteiger partial charge in [-0.2, -0.15) is 0 Å². The van der Waals surface area contributed by atoms with Crippen LogP contribution in [-0.4, -0.2) is 20.4 Å². The number of hydrogen-bond donors (Lipinski definition) is 2. The smallest absolute Gasteiger partial charge is 0.268 e. The van der Waals surface area contributed by atoms with Crippen LogP contribution in [0.3, 0.4) is 0 Å². The Bertz CT molecular complexity index is 605. The number of nitrogens with two attached hydrogens (primary N) is 1. The molecule has 0 saturated heterocycles. The van der Waals surface area contributed by atoms with Crippen LogP contribution in [0.15, 0.2) is 24.5 Å². The molecule has 2 aromatic heterocycles. The van der Waals surface area contributed by atoms with Gasteiger partial charge >= 0.3 is 0 Å². The molecule has 0 aliphatic heterocycles. The van der Waals surface area contributed by atoms with Crippen LogP contribution in [-0.2, 0) is 13.1 Å². The van der Waals surface area contributed by atoms with Gasteiger partial charge in [0.05, 0.1) is 17.9 Å². The average Bonchev–Trinajstić information content (AvgIpc) is 2.78. The third-order valence-corrected chi connectivity index (χ3v) is 2.88. The van der Waals surface area contributed by atoms with Crippen molar-refractivity contribution in [2.45, 2.75) is 33.4 Å². The third-order valence-electron chi connectivity index (χ3n) is 2.88. The van der Waals surface area contributed by atoms with Crippen LogP contribution in [0, 0.1) is 6.92 Å². The maximum absolute atomic E-state index is 12.2. The topological polar surface area (TPSA) is 85.8 Å². The van der Waals surface area contributed by atoms with E-state index in [9.17, 15) is 4.79 Å². The molecule has 3 N–H and O–H groups in total. The molecule has 6 nitrogen and oxygen atoms in total. The van der Waals surface area contributed by atoms with Gasteiger partial charge in [-0.25, -0.2) is 9.97 Å². The first-order valence-electron chi connectivity index (χ1n) is 6.62. The number of amides is 1. The molecule has 0 aliphatic rings. The minimum absolute atomic E-state index is 0.147. The molecular weight excluding hydrogens is 254 g/mol. The van der Waals surface area contributed by atoms with Crippen LogP contribution in [0.1, 0.15) is 35.4 Å². The number of aryl methyl sites for hydroxylation is 2. The van der Waals surface area contributed by atoms with Gasteiger partial charge in [0.1, 0.15) is 11.5 Å². The normalized spacial score (nSPS) is 10.5. The molecule has 0 radical (unpaired) electrons. The van der Waals surface area contributed by atoms with E-state index in [-0.39, 0.29) is 5.91 Å². The number of aromatic nitrogens is 3. The van der Waals surface area contributed by atoms with Crippen molar-refractivity contribution in [2.24, 2.45) is 0 Å². The maximum atomic E-state index is 12.2. The summed E-state index contributed by atoms with van der Waals surface area (Å²) in [6.07, 6.45) is 4.41. The second-order valence-electron chi connectivity index (χ2n) is 4.63. The van der Waals surface area contributed by atoms with E-state index in [1.54, 1.807) is 24.5 Å². The molecule has 0 atom stereocenters. The predicted octanol–water partition coefficient (Wildman–Crippen LogP) is 1.51. The van der Waals surface area contributed by atoms with E-state index in [0.29, 0.717) is 23.8 Å². The number of nitrogens with zero attached hydrogens (tertiary/aromatic N) is 3. The van der Waals surface area contributed by atoms with Crippen LogP contribution in [0.5, 0.6) is 0 Å². The number of carbonyl (C=O) groups excluding carboxylic acids is 1. The van der Waals surface area contributed by atoms with E-state index < -0.39 is 0 Å². The molecule has 106 valence electrons. The first-order valence-corrected chi connectivity index (χ1v) is 6.62. The van der Waals surface area contributed by atoms with E-state index in [0.717, 1.165) is 18.7 Å². The molecule has 2 rings (SSSR count). The first-order chi connectivity index (χ1) is 9.60. The lowest BCUT2D eigenvalue weighted by Gasteiger charge is -2.08. The fourth-order valence-corrected chi connectivity index (χ4v) is 2.01. The number of nitrogens with one attached hydrogen (secondary N) is 1. The Kier molecular flexibility index (Phi) is 4.34. The van der Waals surface area contributed by atoms with Crippen molar-refractivity contribution in [1.29, 1.82) is 0 Å². The van der Waals surface area contributed by atoms with E-state index in [1.165, 1.54) is 0 Å². The highest BCUT2D eigenvalue weighted by atomic mass is 16.1. The van der Waals surface area contributed by atoms with Crippen molar-refractivity contribution in [1.82, 2.24) is 19.9 Å². The summed E-state index contributed by atoms with van der Waals surface area (Å²) in [6, 6.07) is 3.48. The van der Waals surface area contributed by atoms with Gasteiger partial charge in [0.25, 0.3) is 5.91 Å².